The number of carbonyl (C=O) groups excluding carboxylic acids is 1. The highest BCUT2D eigenvalue weighted by Gasteiger charge is 2.14. The van der Waals surface area contributed by atoms with Crippen LogP contribution < -0.4 is 5.56 Å². The van der Waals surface area contributed by atoms with Crippen LogP contribution in [0.3, 0.4) is 0 Å². The fourth-order valence-corrected chi connectivity index (χ4v) is 1.89. The van der Waals surface area contributed by atoms with Gasteiger partial charge in [0.1, 0.15) is 5.56 Å². The van der Waals surface area contributed by atoms with Crippen molar-refractivity contribution in [1.82, 2.24) is 9.55 Å². The Morgan fingerprint density at radius 3 is 2.95 bits per heavy atom. The molecule has 0 fully saturated rings. The molecule has 2 rings (SSSR count). The molecule has 6 heteroatoms. The SMILES string of the molecule is COC(=O)c1cc(Cl)cn(Cc2cccnc2)c1=O. The normalized spacial score (nSPS) is 10.2. The van der Waals surface area contributed by atoms with Crippen LogP contribution in [-0.2, 0) is 11.3 Å². The molecule has 0 spiro atoms. The number of esters is 1. The van der Waals surface area contributed by atoms with E-state index < -0.39 is 11.5 Å². The average Bonchev–Trinajstić information content (AvgIpc) is 2.42. The quantitative estimate of drug-likeness (QED) is 0.802. The summed E-state index contributed by atoms with van der Waals surface area (Å²) in [6, 6.07) is 4.90. The number of carbonyl (C=O) groups is 1. The number of hydrogen-bond acceptors (Lipinski definition) is 4. The Bertz CT molecular complexity index is 653. The number of nitrogens with zero attached hydrogens (tertiary/aromatic N) is 2. The molecule has 19 heavy (non-hydrogen) atoms. The van der Waals surface area contributed by atoms with E-state index in [-0.39, 0.29) is 12.1 Å². The van der Waals surface area contributed by atoms with Crippen LogP contribution in [0.4, 0.5) is 0 Å². The first-order valence-electron chi connectivity index (χ1n) is 5.49. The molecule has 0 N–H and O–H groups in total. The van der Waals surface area contributed by atoms with E-state index in [0.29, 0.717) is 5.02 Å². The van der Waals surface area contributed by atoms with Gasteiger partial charge in [0.25, 0.3) is 5.56 Å². The average molecular weight is 279 g/mol. The molecule has 5 nitrogen and oxygen atoms in total. The van der Waals surface area contributed by atoms with Gasteiger partial charge in [0.15, 0.2) is 0 Å². The Kier molecular flexibility index (Phi) is 3.97. The first-order valence-corrected chi connectivity index (χ1v) is 5.87. The molecule has 0 aliphatic rings. The molecule has 0 aliphatic carbocycles. The molecular weight excluding hydrogens is 268 g/mol. The highest BCUT2D eigenvalue weighted by Crippen LogP contribution is 2.09. The number of ether oxygens (including phenoxy) is 1. The first kappa shape index (κ1) is 13.3. The molecule has 0 atom stereocenters. The van der Waals surface area contributed by atoms with E-state index >= 15 is 0 Å². The zero-order valence-corrected chi connectivity index (χ0v) is 10.9. The molecular formula is C13H11ClN2O3. The fourth-order valence-electron chi connectivity index (χ4n) is 1.66. The van der Waals surface area contributed by atoms with E-state index in [0.717, 1.165) is 5.56 Å². The van der Waals surface area contributed by atoms with E-state index in [4.69, 9.17) is 11.6 Å². The minimum Gasteiger partial charge on any atom is -0.465 e. The first-order chi connectivity index (χ1) is 9.11. The maximum absolute atomic E-state index is 12.1. The lowest BCUT2D eigenvalue weighted by molar-refractivity contribution is 0.0598. The molecule has 0 unspecified atom stereocenters. The van der Waals surface area contributed by atoms with E-state index in [2.05, 4.69) is 9.72 Å². The smallest absolute Gasteiger partial charge is 0.343 e. The highest BCUT2D eigenvalue weighted by molar-refractivity contribution is 6.30. The Balaban J connectivity index is 2.44. The van der Waals surface area contributed by atoms with Gasteiger partial charge in [-0.15, -0.1) is 0 Å². The van der Waals surface area contributed by atoms with Crippen molar-refractivity contribution >= 4 is 17.6 Å². The molecule has 2 heterocycles. The van der Waals surface area contributed by atoms with Crippen molar-refractivity contribution in [2.24, 2.45) is 0 Å². The summed E-state index contributed by atoms with van der Waals surface area (Å²) in [7, 11) is 1.22. The van der Waals surface area contributed by atoms with E-state index in [1.807, 2.05) is 6.07 Å². The third kappa shape index (κ3) is 3.00. The standard InChI is InChI=1S/C13H11ClN2O3/c1-19-13(18)11-5-10(14)8-16(12(11)17)7-9-3-2-4-15-6-9/h2-6,8H,7H2,1H3. The molecule has 0 saturated heterocycles. The minimum atomic E-state index is -0.701. The Labute approximate surface area is 114 Å². The molecule has 0 aromatic carbocycles. The predicted molar refractivity (Wildman–Crippen MR) is 70.4 cm³/mol. The molecule has 2 aromatic rings. The van der Waals surface area contributed by atoms with Gasteiger partial charge in [-0.3, -0.25) is 9.78 Å². The zero-order chi connectivity index (χ0) is 13.8. The summed E-state index contributed by atoms with van der Waals surface area (Å²) in [5, 5.41) is 0.295. The maximum atomic E-state index is 12.1. The molecule has 98 valence electrons. The van der Waals surface area contributed by atoms with Gasteiger partial charge < -0.3 is 9.30 Å². The summed E-state index contributed by atoms with van der Waals surface area (Å²) in [6.07, 6.45) is 4.76. The van der Waals surface area contributed by atoms with Crippen LogP contribution in [0.25, 0.3) is 0 Å². The minimum absolute atomic E-state index is 0.0844. The van der Waals surface area contributed by atoms with Gasteiger partial charge >= 0.3 is 5.97 Å². The number of aromatic nitrogens is 2. The molecule has 0 bridgehead atoms. The molecule has 0 radical (unpaired) electrons. The van der Waals surface area contributed by atoms with Crippen LogP contribution in [0.1, 0.15) is 15.9 Å². The summed E-state index contributed by atoms with van der Waals surface area (Å²) in [4.78, 5) is 27.6. The molecule has 0 saturated carbocycles. The number of hydrogen-bond donors (Lipinski definition) is 0. The van der Waals surface area contributed by atoms with Crippen LogP contribution in [0.5, 0.6) is 0 Å². The Hall–Kier alpha value is -2.14. The number of rotatable bonds is 3. The monoisotopic (exact) mass is 278 g/mol. The van der Waals surface area contributed by atoms with Crippen molar-refractivity contribution in [2.45, 2.75) is 6.54 Å². The Morgan fingerprint density at radius 1 is 1.53 bits per heavy atom. The van der Waals surface area contributed by atoms with Crippen molar-refractivity contribution in [3.05, 3.63) is 63.3 Å². The number of halogens is 1. The molecule has 2 aromatic heterocycles. The van der Waals surface area contributed by atoms with Crippen molar-refractivity contribution in [3.63, 3.8) is 0 Å². The predicted octanol–water partition coefficient (Wildman–Crippen LogP) is 1.73. The van der Waals surface area contributed by atoms with Gasteiger partial charge in [0.05, 0.1) is 18.7 Å². The second kappa shape index (κ2) is 5.67. The lowest BCUT2D eigenvalue weighted by atomic mass is 10.2. The van der Waals surface area contributed by atoms with Crippen LogP contribution in [0.2, 0.25) is 5.02 Å². The van der Waals surface area contributed by atoms with Crippen LogP contribution in [0, 0.1) is 0 Å². The van der Waals surface area contributed by atoms with Gasteiger partial charge in [-0.2, -0.15) is 0 Å². The summed E-state index contributed by atoms with van der Waals surface area (Å²) in [6.45, 7) is 0.289. The number of methoxy groups -OCH3 is 1. The van der Waals surface area contributed by atoms with E-state index in [1.54, 1.807) is 18.5 Å². The lowest BCUT2D eigenvalue weighted by Crippen LogP contribution is -2.27. The van der Waals surface area contributed by atoms with Crippen molar-refractivity contribution in [3.8, 4) is 0 Å². The van der Waals surface area contributed by atoms with Gasteiger partial charge in [0.2, 0.25) is 0 Å². The second-order valence-corrected chi connectivity index (χ2v) is 4.29. The van der Waals surface area contributed by atoms with Gasteiger partial charge in [-0.25, -0.2) is 4.79 Å². The van der Waals surface area contributed by atoms with Crippen LogP contribution in [0.15, 0.2) is 41.6 Å². The topological polar surface area (TPSA) is 61.2 Å². The Morgan fingerprint density at radius 2 is 2.32 bits per heavy atom. The largest absolute Gasteiger partial charge is 0.465 e. The summed E-state index contributed by atoms with van der Waals surface area (Å²) < 4.78 is 5.91. The highest BCUT2D eigenvalue weighted by atomic mass is 35.5. The number of pyridine rings is 2. The van der Waals surface area contributed by atoms with Crippen LogP contribution in [-0.4, -0.2) is 22.6 Å². The van der Waals surface area contributed by atoms with Crippen molar-refractivity contribution in [2.75, 3.05) is 7.11 Å². The van der Waals surface area contributed by atoms with E-state index in [9.17, 15) is 9.59 Å². The second-order valence-electron chi connectivity index (χ2n) is 3.86. The van der Waals surface area contributed by atoms with Gasteiger partial charge in [-0.05, 0) is 17.7 Å². The van der Waals surface area contributed by atoms with E-state index in [1.165, 1.54) is 23.9 Å². The van der Waals surface area contributed by atoms with Crippen LogP contribution >= 0.6 is 11.6 Å². The van der Waals surface area contributed by atoms with Gasteiger partial charge in [0, 0.05) is 18.6 Å². The fraction of sp³-hybridized carbons (Fsp3) is 0.154. The summed E-state index contributed by atoms with van der Waals surface area (Å²) in [5.74, 6) is -0.701. The third-order valence-corrected chi connectivity index (χ3v) is 2.74. The van der Waals surface area contributed by atoms with Gasteiger partial charge in [-0.1, -0.05) is 17.7 Å². The zero-order valence-electron chi connectivity index (χ0n) is 10.2. The lowest BCUT2D eigenvalue weighted by Gasteiger charge is -2.08. The molecule has 0 aliphatic heterocycles. The van der Waals surface area contributed by atoms with Crippen molar-refractivity contribution < 1.29 is 9.53 Å². The maximum Gasteiger partial charge on any atom is 0.343 e. The summed E-state index contributed by atoms with van der Waals surface area (Å²) >= 11 is 5.91. The third-order valence-electron chi connectivity index (χ3n) is 2.53. The van der Waals surface area contributed by atoms with Crippen molar-refractivity contribution in [1.29, 1.82) is 0 Å². The molecule has 0 amide bonds. The summed E-state index contributed by atoms with van der Waals surface area (Å²) in [5.41, 5.74) is 0.307.